The van der Waals surface area contributed by atoms with E-state index >= 15 is 0 Å². The van der Waals surface area contributed by atoms with E-state index < -0.39 is 0 Å². The maximum atomic E-state index is 6.88. The third-order valence-corrected chi connectivity index (χ3v) is 12.5. The van der Waals surface area contributed by atoms with Crippen LogP contribution in [0.15, 0.2) is 229 Å². The summed E-state index contributed by atoms with van der Waals surface area (Å²) in [6, 6.07) is 76.4. The van der Waals surface area contributed by atoms with Gasteiger partial charge in [0.05, 0.1) is 22.3 Å². The highest BCUT2D eigenvalue weighted by Gasteiger charge is 2.24. The van der Waals surface area contributed by atoms with Gasteiger partial charge in [-0.15, -0.1) is 0 Å². The van der Waals surface area contributed by atoms with Gasteiger partial charge in [0.2, 0.25) is 0 Å². The summed E-state index contributed by atoms with van der Waals surface area (Å²) in [7, 11) is 0. The van der Waals surface area contributed by atoms with E-state index in [0.717, 1.165) is 88.4 Å². The van der Waals surface area contributed by atoms with Gasteiger partial charge in [0.1, 0.15) is 11.2 Å². The minimum atomic E-state index is 0.516. The summed E-state index contributed by atoms with van der Waals surface area (Å²) in [6.07, 6.45) is 0. The van der Waals surface area contributed by atoms with Crippen LogP contribution in [0.25, 0.3) is 129 Å². The number of furan rings is 1. The van der Waals surface area contributed by atoms with Crippen molar-refractivity contribution in [3.05, 3.63) is 224 Å². The zero-order chi connectivity index (χ0) is 45.0. The van der Waals surface area contributed by atoms with Gasteiger partial charge >= 0.3 is 0 Å². The SMILES string of the molecule is c1ccc(-c2nc(-c3ccccc3)nc(-c3cc(-c4ccc(-c5nc(-c6ccccc6)nc(-c6ccccc6)n5)c5oc6ccccc6c45)ccc3-n3c4ccccc4c4ccccc43)n2)cc1. The molecule has 13 rings (SSSR count). The first-order chi connectivity index (χ1) is 33.7. The van der Waals surface area contributed by atoms with E-state index in [4.69, 9.17) is 34.3 Å². The number of aromatic nitrogens is 7. The summed E-state index contributed by atoms with van der Waals surface area (Å²) in [4.78, 5) is 30.9. The zero-order valence-corrected chi connectivity index (χ0v) is 36.4. The number of benzene rings is 9. The van der Waals surface area contributed by atoms with Crippen LogP contribution in [0.1, 0.15) is 0 Å². The maximum absolute atomic E-state index is 6.88. The zero-order valence-electron chi connectivity index (χ0n) is 36.4. The van der Waals surface area contributed by atoms with E-state index in [-0.39, 0.29) is 0 Å². The first kappa shape index (κ1) is 39.0. The highest BCUT2D eigenvalue weighted by molar-refractivity contribution is 6.16. The Labute approximate surface area is 390 Å². The third kappa shape index (κ3) is 6.70. The fourth-order valence-corrected chi connectivity index (χ4v) is 9.36. The lowest BCUT2D eigenvalue weighted by atomic mass is 9.95. The van der Waals surface area contributed by atoms with Crippen LogP contribution < -0.4 is 0 Å². The summed E-state index contributed by atoms with van der Waals surface area (Å²) < 4.78 is 9.21. The lowest BCUT2D eigenvalue weighted by Gasteiger charge is -2.17. The van der Waals surface area contributed by atoms with Crippen LogP contribution in [0.4, 0.5) is 0 Å². The second kappa shape index (κ2) is 16.2. The average molecular weight is 872 g/mol. The molecule has 0 spiro atoms. The van der Waals surface area contributed by atoms with Crippen LogP contribution in [-0.2, 0) is 0 Å². The largest absolute Gasteiger partial charge is 0.455 e. The molecule has 0 bridgehead atoms. The minimum Gasteiger partial charge on any atom is -0.455 e. The lowest BCUT2D eigenvalue weighted by Crippen LogP contribution is -2.04. The van der Waals surface area contributed by atoms with E-state index in [0.29, 0.717) is 40.5 Å². The summed E-state index contributed by atoms with van der Waals surface area (Å²) >= 11 is 0. The molecule has 9 aromatic carbocycles. The van der Waals surface area contributed by atoms with Crippen LogP contribution in [0.2, 0.25) is 0 Å². The van der Waals surface area contributed by atoms with Crippen molar-refractivity contribution in [3.63, 3.8) is 0 Å². The van der Waals surface area contributed by atoms with Gasteiger partial charge < -0.3 is 8.98 Å². The van der Waals surface area contributed by atoms with Gasteiger partial charge in [-0.1, -0.05) is 188 Å². The van der Waals surface area contributed by atoms with Crippen LogP contribution in [0, 0.1) is 0 Å². The summed E-state index contributed by atoms with van der Waals surface area (Å²) in [5.41, 5.74) is 11.7. The van der Waals surface area contributed by atoms with Crippen molar-refractivity contribution in [1.29, 1.82) is 0 Å². The molecule has 13 aromatic rings. The molecule has 0 atom stereocenters. The fourth-order valence-electron chi connectivity index (χ4n) is 9.36. The van der Waals surface area contributed by atoms with Gasteiger partial charge in [-0.3, -0.25) is 0 Å². The Morgan fingerprint density at radius 2 is 0.691 bits per heavy atom. The van der Waals surface area contributed by atoms with Gasteiger partial charge in [-0.05, 0) is 47.5 Å². The predicted molar refractivity (Wildman–Crippen MR) is 273 cm³/mol. The lowest BCUT2D eigenvalue weighted by molar-refractivity contribution is 0.669. The molecule has 4 aromatic heterocycles. The quantitative estimate of drug-likeness (QED) is 0.150. The average Bonchev–Trinajstić information content (AvgIpc) is 3.98. The fraction of sp³-hybridized carbons (Fsp3) is 0. The van der Waals surface area contributed by atoms with Gasteiger partial charge in [-0.25, -0.2) is 29.9 Å². The number of para-hydroxylation sites is 3. The van der Waals surface area contributed by atoms with Gasteiger partial charge in [0.15, 0.2) is 34.9 Å². The monoisotopic (exact) mass is 871 g/mol. The van der Waals surface area contributed by atoms with Gasteiger partial charge in [0, 0.05) is 49.4 Å². The molecule has 0 fully saturated rings. The van der Waals surface area contributed by atoms with Crippen LogP contribution in [0.3, 0.4) is 0 Å². The molecule has 0 aliphatic carbocycles. The second-order valence-corrected chi connectivity index (χ2v) is 16.6. The molecule has 0 saturated carbocycles. The number of hydrogen-bond acceptors (Lipinski definition) is 7. The molecule has 4 heterocycles. The Hall–Kier alpha value is -9.40. The van der Waals surface area contributed by atoms with Crippen molar-refractivity contribution in [2.45, 2.75) is 0 Å². The molecule has 318 valence electrons. The molecular weight excluding hydrogens is 835 g/mol. The molecule has 0 unspecified atom stereocenters. The molecule has 0 aliphatic rings. The molecule has 8 nitrogen and oxygen atoms in total. The Morgan fingerprint density at radius 1 is 0.294 bits per heavy atom. The highest BCUT2D eigenvalue weighted by Crippen LogP contribution is 2.44. The van der Waals surface area contributed by atoms with Crippen LogP contribution in [-0.4, -0.2) is 34.5 Å². The molecule has 8 heteroatoms. The van der Waals surface area contributed by atoms with Gasteiger partial charge in [0.25, 0.3) is 0 Å². The Balaban J connectivity index is 1.08. The molecule has 68 heavy (non-hydrogen) atoms. The standard InChI is InChI=1S/C60H37N7O/c1-5-19-38(20-6-1)55-61-56(39-21-7-2-8-22-39)64-59(63-55)47-35-34-43(53-46-29-15-18-32-52(46)68-54(47)53)42-33-36-51(67-49-30-16-13-27-44(49)45-28-14-17-31-50(45)67)48(37-42)60-65-57(40-23-9-3-10-24-40)62-58(66-60)41-25-11-4-12-26-41/h1-37H. The Kier molecular flexibility index (Phi) is 9.31. The minimum absolute atomic E-state index is 0.516. The number of nitrogens with zero attached hydrogens (tertiary/aromatic N) is 7. The van der Waals surface area contributed by atoms with Crippen molar-refractivity contribution < 1.29 is 4.42 Å². The smallest absolute Gasteiger partial charge is 0.167 e. The summed E-state index contributed by atoms with van der Waals surface area (Å²) in [5, 5.41) is 4.25. The summed E-state index contributed by atoms with van der Waals surface area (Å²) in [5.74, 6) is 3.40. The van der Waals surface area contributed by atoms with Crippen molar-refractivity contribution in [3.8, 4) is 85.1 Å². The Morgan fingerprint density at radius 3 is 1.19 bits per heavy atom. The maximum Gasteiger partial charge on any atom is 0.167 e. The number of hydrogen-bond donors (Lipinski definition) is 0. The van der Waals surface area contributed by atoms with E-state index in [2.05, 4.69) is 95.6 Å². The topological polar surface area (TPSA) is 95.4 Å². The first-order valence-electron chi connectivity index (χ1n) is 22.5. The van der Waals surface area contributed by atoms with Crippen LogP contribution >= 0.6 is 0 Å². The molecule has 0 amide bonds. The first-order valence-corrected chi connectivity index (χ1v) is 22.5. The van der Waals surface area contributed by atoms with Crippen molar-refractivity contribution in [2.24, 2.45) is 0 Å². The number of rotatable bonds is 8. The highest BCUT2D eigenvalue weighted by atomic mass is 16.3. The van der Waals surface area contributed by atoms with Crippen molar-refractivity contribution in [1.82, 2.24) is 34.5 Å². The van der Waals surface area contributed by atoms with E-state index in [1.165, 1.54) is 0 Å². The normalized spacial score (nSPS) is 11.5. The van der Waals surface area contributed by atoms with E-state index in [1.54, 1.807) is 0 Å². The molecule has 0 saturated heterocycles. The molecule has 0 aliphatic heterocycles. The van der Waals surface area contributed by atoms with Gasteiger partial charge in [-0.2, -0.15) is 0 Å². The van der Waals surface area contributed by atoms with E-state index in [9.17, 15) is 0 Å². The molecule has 0 N–H and O–H groups in total. The number of fused-ring (bicyclic) bond motifs is 6. The second-order valence-electron chi connectivity index (χ2n) is 16.6. The Bertz CT molecular complexity index is 3850. The third-order valence-electron chi connectivity index (χ3n) is 12.5. The van der Waals surface area contributed by atoms with Crippen molar-refractivity contribution >= 4 is 43.7 Å². The van der Waals surface area contributed by atoms with E-state index in [1.807, 2.05) is 133 Å². The molecule has 0 radical (unpaired) electrons. The van der Waals surface area contributed by atoms with Crippen molar-refractivity contribution in [2.75, 3.05) is 0 Å². The summed E-state index contributed by atoms with van der Waals surface area (Å²) in [6.45, 7) is 0. The molecular formula is C60H37N7O. The van der Waals surface area contributed by atoms with Crippen LogP contribution in [0.5, 0.6) is 0 Å². The predicted octanol–water partition coefficient (Wildman–Crippen LogP) is 14.7.